The molecule has 0 radical (unpaired) electrons. The topological polar surface area (TPSA) is 46.5 Å². The van der Waals surface area contributed by atoms with Gasteiger partial charge in [-0.3, -0.25) is 9.13 Å². The highest BCUT2D eigenvalue weighted by molar-refractivity contribution is 6.20. The number of benzene rings is 5. The molecule has 5 aromatic carbocycles. The summed E-state index contributed by atoms with van der Waals surface area (Å²) in [5, 5.41) is 14.8. The van der Waals surface area contributed by atoms with Crippen LogP contribution >= 0.6 is 0 Å². The van der Waals surface area contributed by atoms with E-state index in [0.29, 0.717) is 5.56 Å². The van der Waals surface area contributed by atoms with E-state index in [-0.39, 0.29) is 10.8 Å². The summed E-state index contributed by atoms with van der Waals surface area (Å²) in [7, 11) is 0. The Hall–Kier alpha value is -5.66. The van der Waals surface area contributed by atoms with Crippen LogP contribution in [0.1, 0.15) is 63.8 Å². The SMILES string of the molecule is Cc1ccc(C(C)(C)C)cc1-c1cccc(-n2c3ccccc3c3c(C#N)c4c5ccccc5n(-c5cccc(C(C)(C)C)c5)c4nc32)c1. The first-order valence-corrected chi connectivity index (χ1v) is 17.0. The van der Waals surface area contributed by atoms with Crippen molar-refractivity contribution in [3.05, 3.63) is 138 Å². The van der Waals surface area contributed by atoms with Crippen molar-refractivity contribution in [2.75, 3.05) is 0 Å². The minimum Gasteiger partial charge on any atom is -0.294 e. The Labute approximate surface area is 287 Å². The third-order valence-corrected chi connectivity index (χ3v) is 10.0. The molecular formula is C45H40N4. The maximum Gasteiger partial charge on any atom is 0.149 e. The van der Waals surface area contributed by atoms with Crippen molar-refractivity contribution >= 4 is 43.9 Å². The van der Waals surface area contributed by atoms with Gasteiger partial charge in [-0.25, -0.2) is 4.98 Å². The quantitative estimate of drug-likeness (QED) is 0.194. The van der Waals surface area contributed by atoms with Gasteiger partial charge in [-0.05, 0) is 82.0 Å². The van der Waals surface area contributed by atoms with E-state index in [0.717, 1.165) is 60.8 Å². The van der Waals surface area contributed by atoms with Crippen LogP contribution in [-0.2, 0) is 10.8 Å². The predicted molar refractivity (Wildman–Crippen MR) is 205 cm³/mol. The van der Waals surface area contributed by atoms with E-state index in [1.54, 1.807) is 0 Å². The molecule has 0 unspecified atom stereocenters. The van der Waals surface area contributed by atoms with Crippen LogP contribution in [0.2, 0.25) is 0 Å². The third-order valence-electron chi connectivity index (χ3n) is 10.0. The number of pyridine rings is 1. The van der Waals surface area contributed by atoms with Crippen LogP contribution in [0.5, 0.6) is 0 Å². The Bertz CT molecular complexity index is 2650. The molecule has 0 bridgehead atoms. The molecule has 8 aromatic rings. The molecule has 0 spiro atoms. The van der Waals surface area contributed by atoms with E-state index in [9.17, 15) is 5.26 Å². The zero-order chi connectivity index (χ0) is 34.2. The molecule has 3 aromatic heterocycles. The summed E-state index contributed by atoms with van der Waals surface area (Å²) in [6.45, 7) is 15.7. The van der Waals surface area contributed by atoms with Gasteiger partial charge in [0.25, 0.3) is 0 Å². The number of nitriles is 1. The lowest BCUT2D eigenvalue weighted by Gasteiger charge is -2.21. The lowest BCUT2D eigenvalue weighted by Crippen LogP contribution is -2.11. The average molecular weight is 637 g/mol. The van der Waals surface area contributed by atoms with Gasteiger partial charge in [0.05, 0.1) is 16.6 Å². The molecular weight excluding hydrogens is 597 g/mol. The largest absolute Gasteiger partial charge is 0.294 e. The van der Waals surface area contributed by atoms with Crippen LogP contribution in [-0.4, -0.2) is 14.1 Å². The Kier molecular flexibility index (Phi) is 6.84. The smallest absolute Gasteiger partial charge is 0.149 e. The van der Waals surface area contributed by atoms with E-state index in [4.69, 9.17) is 4.98 Å². The maximum absolute atomic E-state index is 11.0. The normalized spacial score (nSPS) is 12.4. The lowest BCUT2D eigenvalue weighted by atomic mass is 9.84. The molecule has 0 aliphatic heterocycles. The van der Waals surface area contributed by atoms with E-state index in [1.165, 1.54) is 22.3 Å². The molecule has 0 N–H and O–H groups in total. The van der Waals surface area contributed by atoms with Crippen molar-refractivity contribution in [1.29, 1.82) is 5.26 Å². The Balaban J connectivity index is 1.48. The Morgan fingerprint density at radius 1 is 0.571 bits per heavy atom. The molecule has 0 atom stereocenters. The number of rotatable bonds is 3. The Morgan fingerprint density at radius 3 is 1.67 bits per heavy atom. The van der Waals surface area contributed by atoms with Gasteiger partial charge in [0.1, 0.15) is 17.4 Å². The van der Waals surface area contributed by atoms with Crippen molar-refractivity contribution in [1.82, 2.24) is 14.1 Å². The molecule has 3 heterocycles. The van der Waals surface area contributed by atoms with Gasteiger partial charge in [0.2, 0.25) is 0 Å². The standard InChI is InChI=1S/C45H40N4/c1-28-22-23-31(45(5,6)7)26-36(28)29-14-12-16-32(24-29)48-38-20-10-8-18-34(38)40-37(27-46)41-35-19-9-11-21-39(35)49(43(41)47-42(40)48)33-17-13-15-30(25-33)44(2,3)4/h8-26H,1-7H3. The monoisotopic (exact) mass is 636 g/mol. The van der Waals surface area contributed by atoms with Gasteiger partial charge in [-0.2, -0.15) is 5.26 Å². The van der Waals surface area contributed by atoms with Crippen molar-refractivity contribution in [3.8, 4) is 28.6 Å². The van der Waals surface area contributed by atoms with E-state index in [2.05, 4.69) is 179 Å². The molecule has 240 valence electrons. The molecule has 0 saturated heterocycles. The molecule has 8 rings (SSSR count). The molecule has 0 saturated carbocycles. The number of para-hydroxylation sites is 2. The molecule has 0 amide bonds. The van der Waals surface area contributed by atoms with Crippen molar-refractivity contribution < 1.29 is 0 Å². The van der Waals surface area contributed by atoms with E-state index >= 15 is 0 Å². The summed E-state index contributed by atoms with van der Waals surface area (Å²) in [6, 6.07) is 43.7. The van der Waals surface area contributed by atoms with Crippen LogP contribution in [0.3, 0.4) is 0 Å². The zero-order valence-electron chi connectivity index (χ0n) is 29.3. The van der Waals surface area contributed by atoms with E-state index in [1.807, 2.05) is 0 Å². The number of nitrogens with zero attached hydrogens (tertiary/aromatic N) is 4. The van der Waals surface area contributed by atoms with Crippen LogP contribution in [0.4, 0.5) is 0 Å². The highest BCUT2D eigenvalue weighted by Crippen LogP contribution is 2.42. The summed E-state index contributed by atoms with van der Waals surface area (Å²) in [5.74, 6) is 0. The molecule has 49 heavy (non-hydrogen) atoms. The molecule has 0 aliphatic carbocycles. The predicted octanol–water partition coefficient (Wildman–Crippen LogP) is 11.7. The summed E-state index contributed by atoms with van der Waals surface area (Å²) < 4.78 is 4.48. The molecule has 4 nitrogen and oxygen atoms in total. The summed E-state index contributed by atoms with van der Waals surface area (Å²) in [6.07, 6.45) is 0. The van der Waals surface area contributed by atoms with Gasteiger partial charge in [0, 0.05) is 32.9 Å². The van der Waals surface area contributed by atoms with Gasteiger partial charge in [0.15, 0.2) is 0 Å². The number of aromatic nitrogens is 3. The van der Waals surface area contributed by atoms with Crippen LogP contribution in [0.15, 0.2) is 115 Å². The van der Waals surface area contributed by atoms with Gasteiger partial charge in [-0.15, -0.1) is 0 Å². The van der Waals surface area contributed by atoms with E-state index < -0.39 is 0 Å². The number of hydrogen-bond donors (Lipinski definition) is 0. The highest BCUT2D eigenvalue weighted by Gasteiger charge is 2.25. The number of fused-ring (bicyclic) bond motifs is 6. The maximum atomic E-state index is 11.0. The first kappa shape index (κ1) is 30.7. The lowest BCUT2D eigenvalue weighted by molar-refractivity contribution is 0.590. The van der Waals surface area contributed by atoms with Gasteiger partial charge >= 0.3 is 0 Å². The zero-order valence-corrected chi connectivity index (χ0v) is 29.3. The average Bonchev–Trinajstić information content (AvgIpc) is 3.59. The minimum atomic E-state index is -0.0184. The van der Waals surface area contributed by atoms with Crippen molar-refractivity contribution in [2.24, 2.45) is 0 Å². The number of aryl methyl sites for hydroxylation is 1. The van der Waals surface area contributed by atoms with Crippen molar-refractivity contribution in [2.45, 2.75) is 59.3 Å². The first-order chi connectivity index (χ1) is 23.5. The van der Waals surface area contributed by atoms with Crippen LogP contribution < -0.4 is 0 Å². The minimum absolute atomic E-state index is 0.0184. The second kappa shape index (κ2) is 10.9. The fraction of sp³-hybridized carbons (Fsp3) is 0.200. The van der Waals surface area contributed by atoms with Crippen LogP contribution in [0, 0.1) is 18.3 Å². The Morgan fingerprint density at radius 2 is 1.10 bits per heavy atom. The highest BCUT2D eigenvalue weighted by atomic mass is 15.1. The summed E-state index contributed by atoms with van der Waals surface area (Å²) >= 11 is 0. The van der Waals surface area contributed by atoms with Crippen LogP contribution in [0.25, 0.3) is 66.4 Å². The third kappa shape index (κ3) is 4.84. The van der Waals surface area contributed by atoms with Gasteiger partial charge in [-0.1, -0.05) is 120 Å². The fourth-order valence-electron chi connectivity index (χ4n) is 7.34. The second-order valence-electron chi connectivity index (χ2n) is 15.3. The van der Waals surface area contributed by atoms with Gasteiger partial charge < -0.3 is 0 Å². The van der Waals surface area contributed by atoms with Crippen molar-refractivity contribution in [3.63, 3.8) is 0 Å². The summed E-state index contributed by atoms with van der Waals surface area (Å²) in [4.78, 5) is 5.55. The molecule has 4 heteroatoms. The first-order valence-electron chi connectivity index (χ1n) is 17.0. The summed E-state index contributed by atoms with van der Waals surface area (Å²) in [5.41, 5.74) is 12.5. The molecule has 0 fully saturated rings. The number of hydrogen-bond acceptors (Lipinski definition) is 2. The fourth-order valence-corrected chi connectivity index (χ4v) is 7.34. The molecule has 0 aliphatic rings. The second-order valence-corrected chi connectivity index (χ2v) is 15.3.